The topological polar surface area (TPSA) is 74.0 Å². The molecule has 10 heteroatoms. The molecule has 0 saturated heterocycles. The van der Waals surface area contributed by atoms with E-state index in [-0.39, 0.29) is 12.2 Å². The van der Waals surface area contributed by atoms with Crippen LogP contribution in [0.4, 0.5) is 13.2 Å². The van der Waals surface area contributed by atoms with Crippen LogP contribution in [0.25, 0.3) is 11.4 Å². The second kappa shape index (κ2) is 8.81. The highest BCUT2D eigenvalue weighted by atomic mass is 19.4. The zero-order valence-electron chi connectivity index (χ0n) is 17.8. The minimum Gasteiger partial charge on any atom is -0.497 e. The maximum absolute atomic E-state index is 13.8. The molecule has 7 nitrogen and oxygen atoms in total. The Morgan fingerprint density at radius 2 is 1.70 bits per heavy atom. The molecule has 1 N–H and O–H groups in total. The monoisotopic (exact) mass is 455 g/mol. The molecule has 0 atom stereocenters. The lowest BCUT2D eigenvalue weighted by atomic mass is 10.2. The Kier molecular flexibility index (Phi) is 5.91. The highest BCUT2D eigenvalue weighted by Gasteiger charge is 2.40. The number of hydrogen-bond donors (Lipinski definition) is 1. The normalized spacial score (nSPS) is 11.4. The van der Waals surface area contributed by atoms with Crippen LogP contribution in [0.3, 0.4) is 0 Å². The van der Waals surface area contributed by atoms with Crippen LogP contribution < -0.4 is 10.1 Å². The average Bonchev–Trinajstić information content (AvgIpc) is 3.46. The van der Waals surface area contributed by atoms with E-state index in [4.69, 9.17) is 4.74 Å². The number of carbonyl (C=O) groups is 1. The summed E-state index contributed by atoms with van der Waals surface area (Å²) in [4.78, 5) is 12.6. The van der Waals surface area contributed by atoms with Gasteiger partial charge in [-0.1, -0.05) is 17.7 Å². The molecule has 2 aromatic carbocycles. The SMILES string of the molecule is COc1ccc(-n2ccc(CNC(=O)c3cnn(-c4ccc(C)cc4)c3C(F)(F)F)n2)cc1. The fourth-order valence-corrected chi connectivity index (χ4v) is 3.27. The number of aryl methyl sites for hydroxylation is 1. The number of amides is 1. The molecule has 33 heavy (non-hydrogen) atoms. The number of halogens is 3. The molecule has 1 amide bonds. The van der Waals surface area contributed by atoms with Crippen LogP contribution in [-0.2, 0) is 12.7 Å². The zero-order chi connectivity index (χ0) is 23.6. The number of rotatable bonds is 6. The second-order valence-corrected chi connectivity index (χ2v) is 7.28. The predicted octanol–water partition coefficient (Wildman–Crippen LogP) is 4.32. The van der Waals surface area contributed by atoms with Crippen molar-refractivity contribution in [2.45, 2.75) is 19.6 Å². The Morgan fingerprint density at radius 3 is 2.33 bits per heavy atom. The van der Waals surface area contributed by atoms with Crippen molar-refractivity contribution < 1.29 is 22.7 Å². The summed E-state index contributed by atoms with van der Waals surface area (Å²) in [5.41, 5.74) is 0.674. The van der Waals surface area contributed by atoms with Crippen molar-refractivity contribution in [3.8, 4) is 17.1 Å². The van der Waals surface area contributed by atoms with Crippen LogP contribution in [0.2, 0.25) is 0 Å². The van der Waals surface area contributed by atoms with Gasteiger partial charge in [-0.3, -0.25) is 4.79 Å². The molecule has 0 unspecified atom stereocenters. The van der Waals surface area contributed by atoms with Gasteiger partial charge in [0, 0.05) is 6.20 Å². The minimum atomic E-state index is -4.77. The van der Waals surface area contributed by atoms with E-state index in [2.05, 4.69) is 15.5 Å². The predicted molar refractivity (Wildman–Crippen MR) is 115 cm³/mol. The third kappa shape index (κ3) is 4.74. The number of methoxy groups -OCH3 is 1. The average molecular weight is 455 g/mol. The minimum absolute atomic E-state index is 0.0466. The van der Waals surface area contributed by atoms with Gasteiger partial charge < -0.3 is 10.1 Å². The summed E-state index contributed by atoms with van der Waals surface area (Å²) in [5, 5.41) is 10.7. The Hall–Kier alpha value is -4.08. The van der Waals surface area contributed by atoms with E-state index < -0.39 is 23.3 Å². The largest absolute Gasteiger partial charge is 0.497 e. The molecule has 0 aliphatic rings. The van der Waals surface area contributed by atoms with Gasteiger partial charge >= 0.3 is 6.18 Å². The molecule has 2 heterocycles. The first kappa shape index (κ1) is 22.1. The van der Waals surface area contributed by atoms with Gasteiger partial charge in [-0.15, -0.1) is 0 Å². The summed E-state index contributed by atoms with van der Waals surface area (Å²) in [6.07, 6.45) is -2.15. The number of hydrogen-bond acceptors (Lipinski definition) is 4. The Balaban J connectivity index is 1.52. The van der Waals surface area contributed by atoms with E-state index in [0.717, 1.165) is 22.1 Å². The van der Waals surface area contributed by atoms with Gasteiger partial charge in [-0.05, 0) is 49.4 Å². The van der Waals surface area contributed by atoms with E-state index >= 15 is 0 Å². The molecule has 0 aliphatic carbocycles. The zero-order valence-corrected chi connectivity index (χ0v) is 17.8. The first-order valence-corrected chi connectivity index (χ1v) is 9.95. The van der Waals surface area contributed by atoms with E-state index in [9.17, 15) is 18.0 Å². The summed E-state index contributed by atoms with van der Waals surface area (Å²) in [6.45, 7) is 1.78. The molecule has 0 aliphatic heterocycles. The molecule has 0 saturated carbocycles. The molecule has 4 rings (SSSR count). The fourth-order valence-electron chi connectivity index (χ4n) is 3.27. The van der Waals surface area contributed by atoms with Gasteiger partial charge in [0.2, 0.25) is 0 Å². The third-order valence-electron chi connectivity index (χ3n) is 4.97. The lowest BCUT2D eigenvalue weighted by Crippen LogP contribution is -2.26. The molecule has 0 radical (unpaired) electrons. The smallest absolute Gasteiger partial charge is 0.434 e. The molecular formula is C23H20F3N5O2. The number of nitrogens with one attached hydrogen (secondary N) is 1. The number of nitrogens with zero attached hydrogens (tertiary/aromatic N) is 4. The van der Waals surface area contributed by atoms with Crippen molar-refractivity contribution >= 4 is 5.91 Å². The van der Waals surface area contributed by atoms with E-state index in [0.29, 0.717) is 11.4 Å². The maximum Gasteiger partial charge on any atom is 0.434 e. The van der Waals surface area contributed by atoms with Crippen molar-refractivity contribution in [3.05, 3.63) is 89.5 Å². The van der Waals surface area contributed by atoms with Crippen LogP contribution in [0.15, 0.2) is 67.0 Å². The number of ether oxygens (including phenoxy) is 1. The summed E-state index contributed by atoms with van der Waals surface area (Å²) in [5.74, 6) is -0.190. The van der Waals surface area contributed by atoms with Crippen LogP contribution in [0.5, 0.6) is 5.75 Å². The third-order valence-corrected chi connectivity index (χ3v) is 4.97. The number of aromatic nitrogens is 4. The van der Waals surface area contributed by atoms with Crippen LogP contribution >= 0.6 is 0 Å². The molecule has 0 spiro atoms. The molecule has 0 fully saturated rings. The molecule has 2 aromatic heterocycles. The molecule has 0 bridgehead atoms. The van der Waals surface area contributed by atoms with Crippen LogP contribution in [-0.4, -0.2) is 32.6 Å². The van der Waals surface area contributed by atoms with Gasteiger partial charge in [0.1, 0.15) is 5.75 Å². The van der Waals surface area contributed by atoms with Crippen molar-refractivity contribution in [1.82, 2.24) is 24.9 Å². The first-order chi connectivity index (χ1) is 15.8. The highest BCUT2D eigenvalue weighted by Crippen LogP contribution is 2.33. The van der Waals surface area contributed by atoms with E-state index in [1.807, 2.05) is 19.1 Å². The first-order valence-electron chi connectivity index (χ1n) is 9.95. The van der Waals surface area contributed by atoms with Crippen molar-refractivity contribution in [2.24, 2.45) is 0 Å². The second-order valence-electron chi connectivity index (χ2n) is 7.28. The summed E-state index contributed by atoms with van der Waals surface area (Å²) >= 11 is 0. The van der Waals surface area contributed by atoms with Gasteiger partial charge in [0.25, 0.3) is 5.91 Å². The Labute approximate surface area is 187 Å². The summed E-state index contributed by atoms with van der Waals surface area (Å²) in [7, 11) is 1.57. The fraction of sp³-hybridized carbons (Fsp3) is 0.174. The van der Waals surface area contributed by atoms with Gasteiger partial charge in [0.05, 0.1) is 42.5 Å². The lowest BCUT2D eigenvalue weighted by Gasteiger charge is -2.13. The maximum atomic E-state index is 13.8. The van der Waals surface area contributed by atoms with Crippen molar-refractivity contribution in [3.63, 3.8) is 0 Å². The summed E-state index contributed by atoms with van der Waals surface area (Å²) < 4.78 is 48.9. The van der Waals surface area contributed by atoms with E-state index in [1.165, 1.54) is 12.1 Å². The number of alkyl halides is 3. The Morgan fingerprint density at radius 1 is 1.03 bits per heavy atom. The molecular weight excluding hydrogens is 435 g/mol. The lowest BCUT2D eigenvalue weighted by molar-refractivity contribution is -0.143. The summed E-state index contributed by atoms with van der Waals surface area (Å²) in [6, 6.07) is 15.2. The molecule has 170 valence electrons. The van der Waals surface area contributed by atoms with Crippen molar-refractivity contribution in [2.75, 3.05) is 7.11 Å². The van der Waals surface area contributed by atoms with Crippen molar-refractivity contribution in [1.29, 1.82) is 0 Å². The standard InChI is InChI=1S/C23H20F3N5O2/c1-15-3-5-18(6-4-15)31-21(23(24,25)26)20(14-28-31)22(32)27-13-16-11-12-30(29-16)17-7-9-19(33-2)10-8-17/h3-12,14H,13H2,1-2H3,(H,27,32). The van der Waals surface area contributed by atoms with Gasteiger partial charge in [-0.25, -0.2) is 9.36 Å². The Bertz CT molecular complexity index is 1260. The number of benzene rings is 2. The quantitative estimate of drug-likeness (QED) is 0.470. The van der Waals surface area contributed by atoms with Gasteiger partial charge in [0.15, 0.2) is 5.69 Å². The van der Waals surface area contributed by atoms with Crippen LogP contribution in [0, 0.1) is 6.92 Å². The highest BCUT2D eigenvalue weighted by molar-refractivity contribution is 5.95. The number of carbonyl (C=O) groups excluding carboxylic acids is 1. The van der Waals surface area contributed by atoms with E-state index in [1.54, 1.807) is 48.3 Å². The van der Waals surface area contributed by atoms with Crippen LogP contribution in [0.1, 0.15) is 27.3 Å². The van der Waals surface area contributed by atoms with Gasteiger partial charge in [-0.2, -0.15) is 23.4 Å². The molecule has 4 aromatic rings.